The standard InChI is InChI=1S/C13H24N2O4/c1-13(2,6-8-19-3)9-14-12(18)15-7-4-5-10(15)11(16)17/h10H,4-9H2,1-3H3,(H,14,18)(H,16,17)/t10-/m0/s1. The van der Waals surface area contributed by atoms with E-state index >= 15 is 0 Å². The largest absolute Gasteiger partial charge is 0.480 e. The second-order valence-electron chi connectivity index (χ2n) is 5.76. The number of likely N-dealkylation sites (tertiary alicyclic amines) is 1. The first-order valence-electron chi connectivity index (χ1n) is 6.63. The third-order valence-electron chi connectivity index (χ3n) is 3.50. The summed E-state index contributed by atoms with van der Waals surface area (Å²) in [6.45, 7) is 5.76. The van der Waals surface area contributed by atoms with Gasteiger partial charge in [0, 0.05) is 26.8 Å². The maximum atomic E-state index is 12.0. The van der Waals surface area contributed by atoms with Gasteiger partial charge in [-0.3, -0.25) is 0 Å². The van der Waals surface area contributed by atoms with Gasteiger partial charge >= 0.3 is 12.0 Å². The molecule has 0 aromatic heterocycles. The molecular weight excluding hydrogens is 248 g/mol. The number of aliphatic carboxylic acids is 1. The average Bonchev–Trinajstić information content (AvgIpc) is 2.83. The van der Waals surface area contributed by atoms with E-state index in [1.807, 2.05) is 13.8 Å². The Balaban J connectivity index is 2.44. The summed E-state index contributed by atoms with van der Waals surface area (Å²) < 4.78 is 5.03. The number of carboxylic acids is 1. The lowest BCUT2D eigenvalue weighted by Gasteiger charge is -2.27. The van der Waals surface area contributed by atoms with Crippen LogP contribution in [0.2, 0.25) is 0 Å². The fourth-order valence-electron chi connectivity index (χ4n) is 2.15. The van der Waals surface area contributed by atoms with Crippen molar-refractivity contribution in [2.24, 2.45) is 5.41 Å². The molecule has 0 aromatic rings. The molecule has 1 aliphatic heterocycles. The van der Waals surface area contributed by atoms with Gasteiger partial charge in [-0.15, -0.1) is 0 Å². The second kappa shape index (κ2) is 6.75. The van der Waals surface area contributed by atoms with E-state index in [4.69, 9.17) is 9.84 Å². The van der Waals surface area contributed by atoms with Gasteiger partial charge < -0.3 is 20.1 Å². The van der Waals surface area contributed by atoms with Crippen LogP contribution in [0.1, 0.15) is 33.1 Å². The highest BCUT2D eigenvalue weighted by Gasteiger charge is 2.34. The van der Waals surface area contributed by atoms with Crippen LogP contribution in [0.4, 0.5) is 4.79 Å². The Morgan fingerprint density at radius 2 is 2.16 bits per heavy atom. The quantitative estimate of drug-likeness (QED) is 0.764. The molecule has 0 bridgehead atoms. The number of hydrogen-bond donors (Lipinski definition) is 2. The minimum absolute atomic E-state index is 0.0654. The number of carbonyl (C=O) groups is 2. The van der Waals surface area contributed by atoms with Crippen LogP contribution in [-0.4, -0.2) is 54.9 Å². The molecule has 0 aliphatic carbocycles. The van der Waals surface area contributed by atoms with E-state index in [9.17, 15) is 9.59 Å². The summed E-state index contributed by atoms with van der Waals surface area (Å²) in [5, 5.41) is 11.9. The number of nitrogens with zero attached hydrogens (tertiary/aromatic N) is 1. The predicted octanol–water partition coefficient (Wildman–Crippen LogP) is 1.31. The summed E-state index contributed by atoms with van der Waals surface area (Å²) in [5.41, 5.74) is -0.0654. The molecule has 0 unspecified atom stereocenters. The zero-order valence-corrected chi connectivity index (χ0v) is 11.9. The maximum Gasteiger partial charge on any atom is 0.326 e. The molecule has 1 aliphatic rings. The molecule has 1 heterocycles. The first-order valence-corrected chi connectivity index (χ1v) is 6.63. The van der Waals surface area contributed by atoms with Gasteiger partial charge in [-0.2, -0.15) is 0 Å². The van der Waals surface area contributed by atoms with Crippen LogP contribution in [-0.2, 0) is 9.53 Å². The summed E-state index contributed by atoms with van der Waals surface area (Å²) in [4.78, 5) is 24.4. The molecule has 6 nitrogen and oxygen atoms in total. The van der Waals surface area contributed by atoms with Gasteiger partial charge in [-0.25, -0.2) is 9.59 Å². The highest BCUT2D eigenvalue weighted by atomic mass is 16.5. The Bertz CT molecular complexity index is 331. The lowest BCUT2D eigenvalue weighted by Crippen LogP contribution is -2.48. The van der Waals surface area contributed by atoms with Gasteiger partial charge in [-0.05, 0) is 24.7 Å². The molecule has 1 rings (SSSR count). The van der Waals surface area contributed by atoms with Crippen LogP contribution >= 0.6 is 0 Å². The van der Waals surface area contributed by atoms with E-state index in [2.05, 4.69) is 5.32 Å². The molecule has 0 saturated carbocycles. The number of carboxylic acid groups (broad SMARTS) is 1. The van der Waals surface area contributed by atoms with E-state index in [1.165, 1.54) is 4.90 Å². The molecule has 2 amide bonds. The fraction of sp³-hybridized carbons (Fsp3) is 0.846. The van der Waals surface area contributed by atoms with Crippen molar-refractivity contribution in [1.29, 1.82) is 0 Å². The lowest BCUT2D eigenvalue weighted by molar-refractivity contribution is -0.141. The molecule has 0 spiro atoms. The van der Waals surface area contributed by atoms with Crippen molar-refractivity contribution < 1.29 is 19.4 Å². The van der Waals surface area contributed by atoms with Gasteiger partial charge in [0.25, 0.3) is 0 Å². The van der Waals surface area contributed by atoms with Crippen LogP contribution in [0.15, 0.2) is 0 Å². The molecule has 2 N–H and O–H groups in total. The van der Waals surface area contributed by atoms with Crippen molar-refractivity contribution in [1.82, 2.24) is 10.2 Å². The van der Waals surface area contributed by atoms with Crippen molar-refractivity contribution in [3.8, 4) is 0 Å². The Morgan fingerprint density at radius 1 is 1.47 bits per heavy atom. The Morgan fingerprint density at radius 3 is 2.74 bits per heavy atom. The molecule has 110 valence electrons. The summed E-state index contributed by atoms with van der Waals surface area (Å²) in [6, 6.07) is -0.961. The number of rotatable bonds is 6. The lowest BCUT2D eigenvalue weighted by atomic mass is 9.90. The third kappa shape index (κ3) is 4.70. The zero-order chi connectivity index (χ0) is 14.5. The fourth-order valence-corrected chi connectivity index (χ4v) is 2.15. The topological polar surface area (TPSA) is 78.9 Å². The summed E-state index contributed by atoms with van der Waals surface area (Å²) in [5.74, 6) is -0.925. The number of amides is 2. The minimum Gasteiger partial charge on any atom is -0.480 e. The SMILES string of the molecule is COCCC(C)(C)CNC(=O)N1CCC[C@H]1C(=O)O. The zero-order valence-electron chi connectivity index (χ0n) is 11.9. The number of ether oxygens (including phenoxy) is 1. The van der Waals surface area contributed by atoms with Crippen molar-refractivity contribution >= 4 is 12.0 Å². The molecule has 1 atom stereocenters. The van der Waals surface area contributed by atoms with Crippen LogP contribution in [0.25, 0.3) is 0 Å². The van der Waals surface area contributed by atoms with Gasteiger partial charge in [0.2, 0.25) is 0 Å². The van der Waals surface area contributed by atoms with Crippen molar-refractivity contribution in [3.63, 3.8) is 0 Å². The number of nitrogens with one attached hydrogen (secondary N) is 1. The number of methoxy groups -OCH3 is 1. The molecule has 0 radical (unpaired) electrons. The Kier molecular flexibility index (Phi) is 5.60. The van der Waals surface area contributed by atoms with Crippen LogP contribution < -0.4 is 5.32 Å². The summed E-state index contributed by atoms with van der Waals surface area (Å²) in [7, 11) is 1.65. The van der Waals surface area contributed by atoms with E-state index in [1.54, 1.807) is 7.11 Å². The molecule has 0 aromatic carbocycles. The van der Waals surface area contributed by atoms with E-state index in [0.29, 0.717) is 26.1 Å². The monoisotopic (exact) mass is 272 g/mol. The number of carbonyl (C=O) groups excluding carboxylic acids is 1. The highest BCUT2D eigenvalue weighted by molar-refractivity contribution is 5.83. The van der Waals surface area contributed by atoms with Crippen LogP contribution in [0, 0.1) is 5.41 Å². The highest BCUT2D eigenvalue weighted by Crippen LogP contribution is 2.20. The molecular formula is C13H24N2O4. The van der Waals surface area contributed by atoms with E-state index in [-0.39, 0.29) is 11.4 Å². The first-order chi connectivity index (χ1) is 8.87. The van der Waals surface area contributed by atoms with E-state index < -0.39 is 12.0 Å². The summed E-state index contributed by atoms with van der Waals surface area (Å²) in [6.07, 6.45) is 2.12. The van der Waals surface area contributed by atoms with Gasteiger partial charge in [-0.1, -0.05) is 13.8 Å². The van der Waals surface area contributed by atoms with Crippen molar-refractivity contribution in [2.75, 3.05) is 26.8 Å². The van der Waals surface area contributed by atoms with Crippen LogP contribution in [0.3, 0.4) is 0 Å². The van der Waals surface area contributed by atoms with Gasteiger partial charge in [0.15, 0.2) is 0 Å². The van der Waals surface area contributed by atoms with Crippen LogP contribution in [0.5, 0.6) is 0 Å². The predicted molar refractivity (Wildman–Crippen MR) is 71.0 cm³/mol. The first kappa shape index (κ1) is 15.8. The maximum absolute atomic E-state index is 12.0. The summed E-state index contributed by atoms with van der Waals surface area (Å²) >= 11 is 0. The molecule has 19 heavy (non-hydrogen) atoms. The smallest absolute Gasteiger partial charge is 0.326 e. The van der Waals surface area contributed by atoms with Crippen molar-refractivity contribution in [3.05, 3.63) is 0 Å². The minimum atomic E-state index is -0.925. The van der Waals surface area contributed by atoms with Gasteiger partial charge in [0.1, 0.15) is 6.04 Å². The third-order valence-corrected chi connectivity index (χ3v) is 3.50. The average molecular weight is 272 g/mol. The van der Waals surface area contributed by atoms with E-state index in [0.717, 1.165) is 12.8 Å². The van der Waals surface area contributed by atoms with Gasteiger partial charge in [0.05, 0.1) is 0 Å². The number of hydrogen-bond acceptors (Lipinski definition) is 3. The molecule has 1 fully saturated rings. The Labute approximate surface area is 114 Å². The Hall–Kier alpha value is -1.30. The molecule has 6 heteroatoms. The molecule has 1 saturated heterocycles. The van der Waals surface area contributed by atoms with Crippen molar-refractivity contribution in [2.45, 2.75) is 39.2 Å². The second-order valence-corrected chi connectivity index (χ2v) is 5.76. The number of urea groups is 1. The normalized spacial score (nSPS) is 19.5.